The molecule has 0 bridgehead atoms. The molecule has 0 spiro atoms. The van der Waals surface area contributed by atoms with Gasteiger partial charge in [0.15, 0.2) is 5.43 Å². The quantitative estimate of drug-likeness (QED) is 0.195. The fourth-order valence-electron chi connectivity index (χ4n) is 4.63. The van der Waals surface area contributed by atoms with Gasteiger partial charge in [0.1, 0.15) is 11.3 Å². The molecule has 0 fully saturated rings. The number of carboxylic acid groups (broad SMARTS) is 1. The summed E-state index contributed by atoms with van der Waals surface area (Å²) in [5.74, 6) is -1.68. The van der Waals surface area contributed by atoms with Gasteiger partial charge in [-0.15, -0.1) is 0 Å². The van der Waals surface area contributed by atoms with E-state index in [0.717, 1.165) is 11.4 Å². The van der Waals surface area contributed by atoms with Gasteiger partial charge in [-0.05, 0) is 59.8 Å². The summed E-state index contributed by atoms with van der Waals surface area (Å²) in [4.78, 5) is 34.3. The summed E-state index contributed by atoms with van der Waals surface area (Å²) in [5, 5.41) is 23.8. The molecule has 0 saturated heterocycles. The second kappa shape index (κ2) is 15.9. The number of benzene rings is 3. The number of fused-ring (bicyclic) bond motifs is 1. The zero-order valence-corrected chi connectivity index (χ0v) is 26.3. The first-order valence-corrected chi connectivity index (χ1v) is 14.5. The molecule has 0 aliphatic carbocycles. The molecule has 0 amide bonds. The molecule has 45 heavy (non-hydrogen) atoms. The number of hydrogen-bond donors (Lipinski definition) is 0. The van der Waals surface area contributed by atoms with E-state index in [1.807, 2.05) is 48.5 Å². The first-order valence-electron chi connectivity index (χ1n) is 13.7. The van der Waals surface area contributed by atoms with Crippen LogP contribution in [-0.4, -0.2) is 20.8 Å². The van der Waals surface area contributed by atoms with Crippen LogP contribution in [0, 0.1) is 0 Å². The van der Waals surface area contributed by atoms with Gasteiger partial charge in [0.2, 0.25) is 0 Å². The van der Waals surface area contributed by atoms with Crippen molar-refractivity contribution in [2.45, 2.75) is 19.6 Å². The van der Waals surface area contributed by atoms with Crippen LogP contribution in [0.4, 0.5) is 0 Å². The number of pyridine rings is 2. The van der Waals surface area contributed by atoms with Crippen LogP contribution in [0.25, 0.3) is 22.3 Å². The maximum Gasteiger partial charge on any atom is 3.00 e. The predicted molar refractivity (Wildman–Crippen MR) is 167 cm³/mol. The van der Waals surface area contributed by atoms with Crippen molar-refractivity contribution in [3.05, 3.63) is 159 Å². The van der Waals surface area contributed by atoms with Crippen LogP contribution >= 0.6 is 15.9 Å². The monoisotopic (exact) mass is 705 g/mol. The number of halogens is 1. The van der Waals surface area contributed by atoms with E-state index in [2.05, 4.69) is 30.8 Å². The van der Waals surface area contributed by atoms with E-state index in [9.17, 15) is 19.8 Å². The summed E-state index contributed by atoms with van der Waals surface area (Å²) in [7, 11) is 0. The Morgan fingerprint density at radius 3 is 1.98 bits per heavy atom. The number of carbonyl (C=O) groups excluding carboxylic acids is 1. The maximum atomic E-state index is 12.0. The molecule has 3 aromatic carbocycles. The molecule has 3 aromatic heterocycles. The zero-order chi connectivity index (χ0) is 30.9. The fourth-order valence-corrected chi connectivity index (χ4v) is 4.99. The van der Waals surface area contributed by atoms with Crippen molar-refractivity contribution in [2.75, 3.05) is 0 Å². The van der Waals surface area contributed by atoms with E-state index in [1.165, 1.54) is 0 Å². The van der Waals surface area contributed by atoms with Crippen LogP contribution in [0.3, 0.4) is 0 Å². The Hall–Kier alpha value is -4.63. The molecule has 8 nitrogen and oxygen atoms in total. The number of aromatic nitrogens is 2. The van der Waals surface area contributed by atoms with Crippen LogP contribution in [0.15, 0.2) is 135 Å². The Morgan fingerprint density at radius 1 is 0.778 bits per heavy atom. The van der Waals surface area contributed by atoms with Crippen molar-refractivity contribution < 1.29 is 35.9 Å². The van der Waals surface area contributed by atoms with Crippen LogP contribution in [-0.2, 0) is 36.1 Å². The molecule has 0 aliphatic rings. The number of hydrogen-bond acceptors (Lipinski definition) is 8. The Bertz CT molecular complexity index is 1880. The van der Waals surface area contributed by atoms with Crippen LogP contribution in [0.2, 0.25) is 0 Å². The fraction of sp³-hybridized carbons (Fsp3) is 0.0857. The van der Waals surface area contributed by atoms with Crippen LogP contribution in [0.5, 0.6) is 5.75 Å². The van der Waals surface area contributed by atoms with E-state index in [4.69, 9.17) is 4.42 Å². The summed E-state index contributed by atoms with van der Waals surface area (Å²) in [5.41, 5.74) is 3.24. The van der Waals surface area contributed by atoms with E-state index in [-0.39, 0.29) is 27.8 Å². The van der Waals surface area contributed by atoms with E-state index in [1.54, 1.807) is 73.1 Å². The Morgan fingerprint density at radius 2 is 1.38 bits per heavy atom. The van der Waals surface area contributed by atoms with Gasteiger partial charge in [-0.1, -0.05) is 76.6 Å². The van der Waals surface area contributed by atoms with E-state index < -0.39 is 17.1 Å². The smallest absolute Gasteiger partial charge is 0.867 e. The summed E-state index contributed by atoms with van der Waals surface area (Å²) >= 11 is 3.31. The van der Waals surface area contributed by atoms with Crippen molar-refractivity contribution in [2.24, 2.45) is 0 Å². The third-order valence-corrected chi connectivity index (χ3v) is 7.19. The molecule has 0 atom stereocenters. The van der Waals surface area contributed by atoms with Crippen molar-refractivity contribution in [3.63, 3.8) is 0 Å². The molecule has 3 heterocycles. The van der Waals surface area contributed by atoms with Crippen LogP contribution < -0.4 is 15.6 Å². The molecule has 0 saturated carbocycles. The minimum Gasteiger partial charge on any atom is -0.867 e. The first kappa shape index (κ1) is 33.3. The minimum absolute atomic E-state index is 0. The number of para-hydroxylation sites is 1. The van der Waals surface area contributed by atoms with Gasteiger partial charge in [-0.3, -0.25) is 19.7 Å². The normalized spacial score (nSPS) is 10.5. The van der Waals surface area contributed by atoms with Crippen LogP contribution in [0.1, 0.15) is 27.3 Å². The van der Waals surface area contributed by atoms with Crippen molar-refractivity contribution in [1.82, 2.24) is 14.9 Å². The molecule has 10 heteroatoms. The zero-order valence-electron chi connectivity index (χ0n) is 23.7. The molecular weight excluding hydrogens is 681 g/mol. The third kappa shape index (κ3) is 8.73. The molecule has 6 aromatic rings. The average Bonchev–Trinajstić information content (AvgIpc) is 3.05. The van der Waals surface area contributed by atoms with Gasteiger partial charge in [-0.25, -0.2) is 0 Å². The van der Waals surface area contributed by atoms with Gasteiger partial charge >= 0.3 is 16.5 Å². The number of carbonyl (C=O) groups is 1. The average molecular weight is 707 g/mol. The molecule has 0 unspecified atom stereocenters. The predicted octanol–water partition coefficient (Wildman–Crippen LogP) is 5.34. The molecular formula is C35H26BrN3NiO5+. The van der Waals surface area contributed by atoms with Crippen molar-refractivity contribution in [3.8, 4) is 17.1 Å². The second-order valence-electron chi connectivity index (χ2n) is 9.83. The van der Waals surface area contributed by atoms with Gasteiger partial charge in [0, 0.05) is 47.6 Å². The van der Waals surface area contributed by atoms with Gasteiger partial charge < -0.3 is 19.4 Å². The van der Waals surface area contributed by atoms with Crippen molar-refractivity contribution >= 4 is 32.9 Å². The first-order chi connectivity index (χ1) is 21.4. The van der Waals surface area contributed by atoms with E-state index >= 15 is 0 Å². The summed E-state index contributed by atoms with van der Waals surface area (Å²) < 4.78 is 6.26. The molecule has 0 N–H and O–H groups in total. The standard InChI is InChI=1S/C20H18BrN3O2.C15H10O3.Ni/c21-16-8-7-15(19(11-16)20(25)26)12-24(13-17-5-1-3-9-22-17)14-18-6-2-4-10-23-18;16-13-11-8-4-5-9-12(11)18-15(14(13)17)10-6-2-1-3-7-10;/h1-11H,12-14H2,(H,25,26);1-9,17H;/q;;+3/p-2. The number of aromatic carboxylic acids is 1. The van der Waals surface area contributed by atoms with Crippen molar-refractivity contribution in [1.29, 1.82) is 0 Å². The molecule has 227 valence electrons. The Kier molecular flexibility index (Phi) is 11.8. The number of rotatable bonds is 8. The van der Waals surface area contributed by atoms with Gasteiger partial charge in [0.25, 0.3) is 0 Å². The van der Waals surface area contributed by atoms with Gasteiger partial charge in [0.05, 0.1) is 22.7 Å². The van der Waals surface area contributed by atoms with E-state index in [0.29, 0.717) is 46.2 Å². The molecule has 0 aliphatic heterocycles. The third-order valence-electron chi connectivity index (χ3n) is 6.70. The summed E-state index contributed by atoms with van der Waals surface area (Å²) in [6.07, 6.45) is 3.50. The molecule has 6 rings (SSSR count). The summed E-state index contributed by atoms with van der Waals surface area (Å²) in [6.45, 7) is 1.61. The Labute approximate surface area is 278 Å². The SMILES string of the molecule is O=C([O-])c1cc(Br)ccc1CN(Cc1ccccn1)Cc1ccccn1.O=c1c([O-])c(-c2ccccc2)oc2ccccc12.[Ni+3]. The topological polar surface area (TPSA) is 122 Å². The Balaban J connectivity index is 0.000000213. The maximum absolute atomic E-state index is 12.0. The second-order valence-corrected chi connectivity index (χ2v) is 10.7. The number of carboxylic acids is 1. The minimum atomic E-state index is -1.18. The number of nitrogens with zero attached hydrogens (tertiary/aromatic N) is 3. The largest absolute Gasteiger partial charge is 3.00 e. The molecule has 1 radical (unpaired) electrons. The summed E-state index contributed by atoms with van der Waals surface area (Å²) in [6, 6.07) is 32.4. The van der Waals surface area contributed by atoms with Gasteiger partial charge in [-0.2, -0.15) is 0 Å².